The first kappa shape index (κ1) is 16.4. The van der Waals surface area contributed by atoms with Crippen LogP contribution in [-0.2, 0) is 9.53 Å². The summed E-state index contributed by atoms with van der Waals surface area (Å²) in [6.45, 7) is 2.19. The topological polar surface area (TPSA) is 87.5 Å². The van der Waals surface area contributed by atoms with Crippen molar-refractivity contribution in [3.63, 3.8) is 0 Å². The SMILES string of the molecule is CC(=N)/C(C(C)=O)=C(/O)COC(=O)c1ccc(I)cc1. The number of esters is 1. The van der Waals surface area contributed by atoms with Crippen LogP contribution in [0.1, 0.15) is 24.2 Å². The van der Waals surface area contributed by atoms with Gasteiger partial charge in [0.25, 0.3) is 0 Å². The molecule has 0 unspecified atom stereocenters. The number of hydrogen-bond donors (Lipinski definition) is 2. The molecule has 0 atom stereocenters. The van der Waals surface area contributed by atoms with Crippen LogP contribution in [0.5, 0.6) is 0 Å². The number of aliphatic hydroxyl groups excluding tert-OH is 1. The summed E-state index contributed by atoms with van der Waals surface area (Å²) in [5.74, 6) is -1.46. The zero-order valence-corrected chi connectivity index (χ0v) is 13.2. The third kappa shape index (κ3) is 4.44. The van der Waals surface area contributed by atoms with Crippen LogP contribution in [-0.4, -0.2) is 29.2 Å². The van der Waals surface area contributed by atoms with E-state index in [1.807, 2.05) is 0 Å². The number of carbonyl (C=O) groups is 2. The lowest BCUT2D eigenvalue weighted by Crippen LogP contribution is -2.15. The summed E-state index contributed by atoms with van der Waals surface area (Å²) in [4.78, 5) is 23.0. The maximum atomic E-state index is 11.7. The van der Waals surface area contributed by atoms with Crippen LogP contribution in [0.25, 0.3) is 0 Å². The first-order valence-corrected chi connectivity index (χ1v) is 6.82. The molecular weight excluding hydrogens is 373 g/mol. The molecule has 0 heterocycles. The highest BCUT2D eigenvalue weighted by molar-refractivity contribution is 14.1. The van der Waals surface area contributed by atoms with Crippen LogP contribution in [0, 0.1) is 8.98 Å². The van der Waals surface area contributed by atoms with Crippen molar-refractivity contribution in [2.75, 3.05) is 6.61 Å². The normalized spacial score (nSPS) is 11.6. The Morgan fingerprint density at radius 1 is 1.25 bits per heavy atom. The second-order valence-corrected chi connectivity index (χ2v) is 5.33. The van der Waals surface area contributed by atoms with Gasteiger partial charge in [0.2, 0.25) is 0 Å². The third-order valence-corrected chi connectivity index (χ3v) is 3.15. The highest BCUT2D eigenvalue weighted by atomic mass is 127. The fourth-order valence-corrected chi connectivity index (χ4v) is 1.92. The fraction of sp³-hybridized carbons (Fsp3) is 0.214. The molecule has 2 N–H and O–H groups in total. The lowest BCUT2D eigenvalue weighted by Gasteiger charge is -2.08. The van der Waals surface area contributed by atoms with E-state index in [2.05, 4.69) is 22.6 Å². The van der Waals surface area contributed by atoms with Gasteiger partial charge in [-0.05, 0) is 60.7 Å². The average Bonchev–Trinajstić information content (AvgIpc) is 2.36. The number of aliphatic hydroxyl groups is 1. The maximum absolute atomic E-state index is 11.7. The van der Waals surface area contributed by atoms with E-state index < -0.39 is 24.1 Å². The zero-order chi connectivity index (χ0) is 15.3. The number of benzene rings is 1. The second-order valence-electron chi connectivity index (χ2n) is 4.09. The highest BCUT2D eigenvalue weighted by Crippen LogP contribution is 2.10. The van der Waals surface area contributed by atoms with Crippen LogP contribution in [0.3, 0.4) is 0 Å². The Hall–Kier alpha value is -1.70. The van der Waals surface area contributed by atoms with E-state index in [1.165, 1.54) is 13.8 Å². The van der Waals surface area contributed by atoms with Crippen LogP contribution in [0.15, 0.2) is 35.6 Å². The highest BCUT2D eigenvalue weighted by Gasteiger charge is 2.15. The summed E-state index contributed by atoms with van der Waals surface area (Å²) in [5.41, 5.74) is 0.162. The Morgan fingerprint density at radius 2 is 1.80 bits per heavy atom. The Labute approximate surface area is 130 Å². The number of hydrogen-bond acceptors (Lipinski definition) is 5. The lowest BCUT2D eigenvalue weighted by molar-refractivity contribution is -0.113. The van der Waals surface area contributed by atoms with Gasteiger partial charge in [-0.15, -0.1) is 0 Å². The van der Waals surface area contributed by atoms with Gasteiger partial charge >= 0.3 is 5.97 Å². The van der Waals surface area contributed by atoms with Crippen LogP contribution in [0.4, 0.5) is 0 Å². The number of halogens is 1. The van der Waals surface area contributed by atoms with Gasteiger partial charge in [-0.3, -0.25) is 4.79 Å². The molecule has 1 rings (SSSR count). The molecule has 0 saturated heterocycles. The van der Waals surface area contributed by atoms with Crippen molar-refractivity contribution in [2.24, 2.45) is 0 Å². The van der Waals surface area contributed by atoms with Gasteiger partial charge in [-0.1, -0.05) is 0 Å². The molecule has 20 heavy (non-hydrogen) atoms. The Morgan fingerprint density at radius 3 is 2.25 bits per heavy atom. The third-order valence-electron chi connectivity index (χ3n) is 2.44. The molecule has 0 aliphatic carbocycles. The van der Waals surface area contributed by atoms with Crippen molar-refractivity contribution in [3.05, 3.63) is 44.7 Å². The summed E-state index contributed by atoms with van der Waals surface area (Å²) in [6.07, 6.45) is 0. The monoisotopic (exact) mass is 387 g/mol. The number of rotatable bonds is 5. The Kier molecular flexibility index (Phi) is 5.87. The van der Waals surface area contributed by atoms with Crippen molar-refractivity contribution in [1.82, 2.24) is 0 Å². The van der Waals surface area contributed by atoms with Gasteiger partial charge in [0.15, 0.2) is 5.78 Å². The summed E-state index contributed by atoms with van der Waals surface area (Å²) in [7, 11) is 0. The molecular formula is C14H14INO4. The quantitative estimate of drug-likeness (QED) is 0.267. The molecule has 0 aromatic heterocycles. The molecule has 0 spiro atoms. The molecule has 0 aliphatic heterocycles. The van der Waals surface area contributed by atoms with E-state index in [4.69, 9.17) is 10.1 Å². The lowest BCUT2D eigenvalue weighted by atomic mass is 10.1. The number of Topliss-reactive ketones (excluding diaryl/α,β-unsaturated/α-hetero) is 1. The van der Waals surface area contributed by atoms with E-state index >= 15 is 0 Å². The van der Waals surface area contributed by atoms with Crippen molar-refractivity contribution in [2.45, 2.75) is 13.8 Å². The van der Waals surface area contributed by atoms with Crippen molar-refractivity contribution in [1.29, 1.82) is 5.41 Å². The van der Waals surface area contributed by atoms with Crippen molar-refractivity contribution < 1.29 is 19.4 Å². The second kappa shape index (κ2) is 7.18. The van der Waals surface area contributed by atoms with E-state index in [0.717, 1.165) is 3.57 Å². The van der Waals surface area contributed by atoms with Gasteiger partial charge in [0.1, 0.15) is 12.4 Å². The Bertz CT molecular complexity index is 559. The van der Waals surface area contributed by atoms with E-state index in [9.17, 15) is 14.7 Å². The standard InChI is InChI=1S/C14H14INO4/c1-8(16)13(9(2)17)12(18)7-20-14(19)10-3-5-11(15)6-4-10/h3-6,16,18H,7H2,1-2H3/b13-12-,16-8?. The average molecular weight is 387 g/mol. The molecule has 0 amide bonds. The molecule has 0 radical (unpaired) electrons. The van der Waals surface area contributed by atoms with E-state index in [0.29, 0.717) is 5.56 Å². The van der Waals surface area contributed by atoms with Crippen LogP contribution in [0.2, 0.25) is 0 Å². The Balaban J connectivity index is 2.78. The number of carbonyl (C=O) groups excluding carboxylic acids is 2. The molecule has 6 heteroatoms. The van der Waals surface area contributed by atoms with Crippen molar-refractivity contribution >= 4 is 40.1 Å². The minimum Gasteiger partial charge on any atom is -0.508 e. The predicted octanol–water partition coefficient (Wildman–Crippen LogP) is 2.89. The fourth-order valence-electron chi connectivity index (χ4n) is 1.56. The minimum atomic E-state index is -0.599. The first-order valence-electron chi connectivity index (χ1n) is 5.74. The first-order chi connectivity index (χ1) is 9.32. The maximum Gasteiger partial charge on any atom is 0.338 e. The zero-order valence-electron chi connectivity index (χ0n) is 11.1. The number of nitrogens with one attached hydrogen (secondary N) is 1. The molecule has 106 valence electrons. The molecule has 1 aromatic rings. The van der Waals surface area contributed by atoms with Gasteiger partial charge in [0, 0.05) is 9.28 Å². The van der Waals surface area contributed by atoms with Gasteiger partial charge in [-0.25, -0.2) is 4.79 Å². The number of allylic oxidation sites excluding steroid dienone is 1. The van der Waals surface area contributed by atoms with Gasteiger partial charge in [-0.2, -0.15) is 0 Å². The summed E-state index contributed by atoms with van der Waals surface area (Å²) in [6, 6.07) is 6.74. The summed E-state index contributed by atoms with van der Waals surface area (Å²) < 4.78 is 5.90. The molecule has 0 bridgehead atoms. The molecule has 0 aliphatic rings. The molecule has 0 saturated carbocycles. The molecule has 1 aromatic carbocycles. The summed E-state index contributed by atoms with van der Waals surface area (Å²) in [5, 5.41) is 17.1. The van der Waals surface area contributed by atoms with Crippen LogP contribution < -0.4 is 0 Å². The largest absolute Gasteiger partial charge is 0.508 e. The van der Waals surface area contributed by atoms with Crippen LogP contribution >= 0.6 is 22.6 Å². The van der Waals surface area contributed by atoms with Gasteiger partial charge in [0.05, 0.1) is 11.1 Å². The van der Waals surface area contributed by atoms with Crippen molar-refractivity contribution in [3.8, 4) is 0 Å². The smallest absolute Gasteiger partial charge is 0.338 e. The van der Waals surface area contributed by atoms with Gasteiger partial charge < -0.3 is 15.3 Å². The molecule has 5 nitrogen and oxygen atoms in total. The number of ether oxygens (including phenoxy) is 1. The predicted molar refractivity (Wildman–Crippen MR) is 83.2 cm³/mol. The number of ketones is 1. The summed E-state index contributed by atoms with van der Waals surface area (Å²) >= 11 is 2.11. The molecule has 0 fully saturated rings. The van der Waals surface area contributed by atoms with E-state index in [-0.39, 0.29) is 11.3 Å². The minimum absolute atomic E-state index is 0.0692. The van der Waals surface area contributed by atoms with E-state index in [1.54, 1.807) is 24.3 Å².